The Hall–Kier alpha value is -2.62. The molecule has 0 heterocycles. The molecule has 0 aromatic heterocycles. The summed E-state index contributed by atoms with van der Waals surface area (Å²) >= 11 is 0. The molecule has 0 aliphatic rings. The van der Waals surface area contributed by atoms with Gasteiger partial charge in [-0.1, -0.05) is 54.6 Å². The zero-order valence-electron chi connectivity index (χ0n) is 11.7. The van der Waals surface area contributed by atoms with Gasteiger partial charge in [0.25, 0.3) is 0 Å². The van der Waals surface area contributed by atoms with Crippen molar-refractivity contribution in [1.29, 1.82) is 0 Å². The summed E-state index contributed by atoms with van der Waals surface area (Å²) in [5.41, 5.74) is 13.6. The number of amides is 2. The number of benzene rings is 2. The molecule has 2 aromatic rings. The van der Waals surface area contributed by atoms with Gasteiger partial charge in [-0.3, -0.25) is 9.59 Å². The zero-order valence-corrected chi connectivity index (χ0v) is 11.7. The Bertz CT molecular complexity index is 638. The third-order valence-electron chi connectivity index (χ3n) is 3.37. The predicted octanol–water partition coefficient (Wildman–Crippen LogP) is 1.87. The fourth-order valence-electron chi connectivity index (χ4n) is 2.31. The lowest BCUT2D eigenvalue weighted by molar-refractivity contribution is -0.126. The van der Waals surface area contributed by atoms with Gasteiger partial charge in [0.05, 0.1) is 5.92 Å². The highest BCUT2D eigenvalue weighted by Crippen LogP contribution is 2.22. The molecule has 4 heteroatoms. The molecule has 4 N–H and O–H groups in total. The smallest absolute Gasteiger partial charge is 0.221 e. The summed E-state index contributed by atoms with van der Waals surface area (Å²) in [7, 11) is 0. The van der Waals surface area contributed by atoms with Crippen LogP contribution < -0.4 is 11.5 Å². The van der Waals surface area contributed by atoms with E-state index in [4.69, 9.17) is 11.5 Å². The van der Waals surface area contributed by atoms with Crippen LogP contribution >= 0.6 is 0 Å². The maximum absolute atomic E-state index is 11.4. The Labute approximate surface area is 123 Å². The lowest BCUT2D eigenvalue weighted by atomic mass is 9.93. The van der Waals surface area contributed by atoms with Crippen LogP contribution in [-0.2, 0) is 16.0 Å². The highest BCUT2D eigenvalue weighted by Gasteiger charge is 2.18. The molecule has 2 aromatic carbocycles. The van der Waals surface area contributed by atoms with Crippen LogP contribution in [0.2, 0.25) is 0 Å². The van der Waals surface area contributed by atoms with Crippen molar-refractivity contribution in [2.45, 2.75) is 12.8 Å². The molecule has 0 aliphatic heterocycles. The quantitative estimate of drug-likeness (QED) is 0.847. The molecule has 0 saturated heterocycles. The second-order valence-corrected chi connectivity index (χ2v) is 5.04. The average Bonchev–Trinajstić information content (AvgIpc) is 2.47. The minimum absolute atomic E-state index is 0.0229. The van der Waals surface area contributed by atoms with Crippen molar-refractivity contribution in [2.24, 2.45) is 17.4 Å². The van der Waals surface area contributed by atoms with Crippen LogP contribution in [-0.4, -0.2) is 11.8 Å². The molecule has 1 unspecified atom stereocenters. The second kappa shape index (κ2) is 6.70. The average molecular weight is 282 g/mol. The number of carbonyl (C=O) groups is 2. The van der Waals surface area contributed by atoms with E-state index >= 15 is 0 Å². The van der Waals surface area contributed by atoms with Crippen molar-refractivity contribution in [3.8, 4) is 11.1 Å². The molecule has 4 nitrogen and oxygen atoms in total. The molecule has 1 atom stereocenters. The molecule has 2 rings (SSSR count). The van der Waals surface area contributed by atoms with E-state index < -0.39 is 17.7 Å². The van der Waals surface area contributed by atoms with Gasteiger partial charge in [-0.05, 0) is 23.1 Å². The lowest BCUT2D eigenvalue weighted by Crippen LogP contribution is -2.29. The van der Waals surface area contributed by atoms with Crippen LogP contribution in [0.3, 0.4) is 0 Å². The molecular weight excluding hydrogens is 264 g/mol. The molecule has 108 valence electrons. The van der Waals surface area contributed by atoms with E-state index in [-0.39, 0.29) is 6.42 Å². The first-order valence-electron chi connectivity index (χ1n) is 6.78. The molecule has 21 heavy (non-hydrogen) atoms. The minimum atomic E-state index is -0.562. The van der Waals surface area contributed by atoms with Gasteiger partial charge in [-0.25, -0.2) is 0 Å². The summed E-state index contributed by atoms with van der Waals surface area (Å²) in [6.45, 7) is 0. The first-order valence-corrected chi connectivity index (χ1v) is 6.78. The van der Waals surface area contributed by atoms with E-state index in [1.54, 1.807) is 0 Å². The summed E-state index contributed by atoms with van der Waals surface area (Å²) in [5, 5.41) is 0. The summed E-state index contributed by atoms with van der Waals surface area (Å²) in [4.78, 5) is 22.4. The van der Waals surface area contributed by atoms with E-state index in [0.29, 0.717) is 6.42 Å². The zero-order chi connectivity index (χ0) is 15.2. The molecule has 0 fully saturated rings. The molecule has 0 spiro atoms. The third kappa shape index (κ3) is 4.18. The first kappa shape index (κ1) is 14.8. The van der Waals surface area contributed by atoms with Gasteiger partial charge in [0.1, 0.15) is 0 Å². The fourth-order valence-corrected chi connectivity index (χ4v) is 2.31. The number of rotatable bonds is 6. The monoisotopic (exact) mass is 282 g/mol. The van der Waals surface area contributed by atoms with E-state index in [9.17, 15) is 9.59 Å². The third-order valence-corrected chi connectivity index (χ3v) is 3.37. The van der Waals surface area contributed by atoms with E-state index in [0.717, 1.165) is 16.7 Å². The van der Waals surface area contributed by atoms with Crippen molar-refractivity contribution in [2.75, 3.05) is 0 Å². The first-order chi connectivity index (χ1) is 10.1. The van der Waals surface area contributed by atoms with Gasteiger partial charge in [-0.2, -0.15) is 0 Å². The van der Waals surface area contributed by atoms with Crippen LogP contribution in [0, 0.1) is 5.92 Å². The second-order valence-electron chi connectivity index (χ2n) is 5.04. The van der Waals surface area contributed by atoms with Crippen molar-refractivity contribution in [3.05, 3.63) is 60.2 Å². The molecule has 0 bridgehead atoms. The Kier molecular flexibility index (Phi) is 4.72. The number of hydrogen-bond acceptors (Lipinski definition) is 2. The fraction of sp³-hybridized carbons (Fsp3) is 0.176. The Balaban J connectivity index is 2.21. The van der Waals surface area contributed by atoms with Gasteiger partial charge in [0.15, 0.2) is 0 Å². The van der Waals surface area contributed by atoms with E-state index in [1.165, 1.54) is 0 Å². The number of nitrogens with two attached hydrogens (primary N) is 2. The summed E-state index contributed by atoms with van der Waals surface area (Å²) in [6.07, 6.45) is 0.393. The van der Waals surface area contributed by atoms with Crippen molar-refractivity contribution in [3.63, 3.8) is 0 Å². The number of carbonyl (C=O) groups excluding carboxylic acids is 2. The maximum atomic E-state index is 11.4. The van der Waals surface area contributed by atoms with Crippen LogP contribution in [0.1, 0.15) is 12.0 Å². The highest BCUT2D eigenvalue weighted by molar-refractivity contribution is 5.84. The molecule has 0 saturated carbocycles. The van der Waals surface area contributed by atoms with Crippen LogP contribution in [0.25, 0.3) is 11.1 Å². The normalized spacial score (nSPS) is 11.8. The SMILES string of the molecule is NC(=O)CC(Cc1cccc(-c2ccccc2)c1)C(N)=O. The lowest BCUT2D eigenvalue weighted by Gasteiger charge is -2.12. The largest absolute Gasteiger partial charge is 0.370 e. The van der Waals surface area contributed by atoms with Crippen molar-refractivity contribution >= 4 is 11.8 Å². The Morgan fingerprint density at radius 3 is 2.19 bits per heavy atom. The topological polar surface area (TPSA) is 86.2 Å². The van der Waals surface area contributed by atoms with Gasteiger partial charge >= 0.3 is 0 Å². The van der Waals surface area contributed by atoms with Gasteiger partial charge < -0.3 is 11.5 Å². The van der Waals surface area contributed by atoms with Crippen molar-refractivity contribution in [1.82, 2.24) is 0 Å². The minimum Gasteiger partial charge on any atom is -0.370 e. The molecular formula is C17H18N2O2. The van der Waals surface area contributed by atoms with Gasteiger partial charge in [0, 0.05) is 6.42 Å². The van der Waals surface area contributed by atoms with Gasteiger partial charge in [0.2, 0.25) is 11.8 Å². The van der Waals surface area contributed by atoms with Gasteiger partial charge in [-0.15, -0.1) is 0 Å². The summed E-state index contributed by atoms with van der Waals surface area (Å²) in [6, 6.07) is 17.8. The van der Waals surface area contributed by atoms with Crippen molar-refractivity contribution < 1.29 is 9.59 Å². The van der Waals surface area contributed by atoms with Crippen LogP contribution in [0.4, 0.5) is 0 Å². The molecule has 0 aliphatic carbocycles. The van der Waals surface area contributed by atoms with Crippen LogP contribution in [0.15, 0.2) is 54.6 Å². The Morgan fingerprint density at radius 1 is 0.905 bits per heavy atom. The molecule has 2 amide bonds. The molecule has 0 radical (unpaired) electrons. The number of hydrogen-bond donors (Lipinski definition) is 2. The number of primary amides is 2. The Morgan fingerprint density at radius 2 is 1.57 bits per heavy atom. The highest BCUT2D eigenvalue weighted by atomic mass is 16.2. The van der Waals surface area contributed by atoms with E-state index in [2.05, 4.69) is 0 Å². The van der Waals surface area contributed by atoms with Crippen LogP contribution in [0.5, 0.6) is 0 Å². The summed E-state index contributed by atoms with van der Waals surface area (Å²) in [5.74, 6) is -1.58. The van der Waals surface area contributed by atoms with E-state index in [1.807, 2.05) is 54.6 Å². The maximum Gasteiger partial charge on any atom is 0.221 e. The standard InChI is InChI=1S/C17H18N2O2/c18-16(20)11-15(17(19)21)10-12-5-4-8-14(9-12)13-6-2-1-3-7-13/h1-9,15H,10-11H2,(H2,18,20)(H2,19,21). The summed E-state index contributed by atoms with van der Waals surface area (Å²) < 4.78 is 0. The predicted molar refractivity (Wildman–Crippen MR) is 82.1 cm³/mol.